The Bertz CT molecular complexity index is 614. The van der Waals surface area contributed by atoms with Gasteiger partial charge in [0.2, 0.25) is 0 Å². The van der Waals surface area contributed by atoms with Crippen LogP contribution in [0.15, 0.2) is 36.5 Å². The lowest BCUT2D eigenvalue weighted by atomic mass is 10.2. The lowest BCUT2D eigenvalue weighted by molar-refractivity contribution is -0.136. The molecule has 11 heteroatoms. The highest BCUT2D eigenvalue weighted by molar-refractivity contribution is 5.86. The molecular formula is C22H38N2O9. The van der Waals surface area contributed by atoms with Crippen molar-refractivity contribution in [2.75, 3.05) is 14.2 Å². The molecule has 0 bridgehead atoms. The Kier molecular flexibility index (Phi) is 46.9. The highest BCUT2D eigenvalue weighted by atomic mass is 16.5. The monoisotopic (exact) mass is 474 g/mol. The van der Waals surface area contributed by atoms with E-state index in [0.29, 0.717) is 5.57 Å². The number of aliphatic carboxylic acids is 2. The number of aliphatic hydroxyl groups is 2. The Morgan fingerprint density at radius 1 is 0.818 bits per heavy atom. The van der Waals surface area contributed by atoms with Crippen LogP contribution in [0.25, 0.3) is 0 Å². The van der Waals surface area contributed by atoms with E-state index >= 15 is 0 Å². The summed E-state index contributed by atoms with van der Waals surface area (Å²) in [7, 11) is 2.33. The van der Waals surface area contributed by atoms with Gasteiger partial charge in [-0.25, -0.2) is 19.6 Å². The standard InChI is InChI=1S/C5H8O2.C4H7NO.2C4H6O2.C3H6O.CHN.CH4O/c1-4(2)5(6)7-3;1-4(2,6)3-5;2*1-3(2)4(5)6;1-3(2)4;2*1-2/h1H2,2-3H3;6H,1-2H3;2*1H2,2H3,(H,5,6);1-2H3;1H;2H,1H3. The maximum Gasteiger partial charge on any atom is 0.332 e. The van der Waals surface area contributed by atoms with Crippen molar-refractivity contribution in [2.24, 2.45) is 0 Å². The molecule has 0 spiro atoms. The molecule has 0 aromatic heterocycles. The molecule has 0 aliphatic carbocycles. The minimum atomic E-state index is -1.15. The van der Waals surface area contributed by atoms with Crippen molar-refractivity contribution in [3.8, 4) is 12.6 Å². The maximum atomic E-state index is 10.2. The van der Waals surface area contributed by atoms with Crippen LogP contribution in [-0.2, 0) is 23.9 Å². The number of esters is 1. The van der Waals surface area contributed by atoms with Gasteiger partial charge in [0, 0.05) is 30.4 Å². The van der Waals surface area contributed by atoms with E-state index < -0.39 is 17.5 Å². The first-order valence-electron chi connectivity index (χ1n) is 8.59. The fourth-order valence-corrected chi connectivity index (χ4v) is 0.174. The Morgan fingerprint density at radius 2 is 0.970 bits per heavy atom. The number of Topliss-reactive ketones (excluding diaryl/α,β-unsaturated/α-hetero) is 1. The van der Waals surface area contributed by atoms with Crippen LogP contribution in [0.1, 0.15) is 48.5 Å². The van der Waals surface area contributed by atoms with Gasteiger partial charge in [-0.1, -0.05) is 19.7 Å². The molecule has 0 fully saturated rings. The van der Waals surface area contributed by atoms with Crippen molar-refractivity contribution in [1.29, 1.82) is 10.5 Å². The molecule has 0 unspecified atom stereocenters. The van der Waals surface area contributed by atoms with Crippen molar-refractivity contribution in [2.45, 2.75) is 54.1 Å². The van der Waals surface area contributed by atoms with Gasteiger partial charge < -0.3 is 30.0 Å². The van der Waals surface area contributed by atoms with Gasteiger partial charge in [0.25, 0.3) is 0 Å². The minimum absolute atomic E-state index is 0.167. The lowest BCUT2D eigenvalue weighted by Crippen LogP contribution is -2.13. The molecule has 190 valence electrons. The summed E-state index contributed by atoms with van der Waals surface area (Å²) in [5.74, 6) is -2.05. The molecule has 0 saturated heterocycles. The van der Waals surface area contributed by atoms with E-state index in [9.17, 15) is 19.2 Å². The number of rotatable bonds is 3. The summed E-state index contributed by atoms with van der Waals surface area (Å²) in [5, 5.41) is 45.7. The van der Waals surface area contributed by atoms with Crippen LogP contribution >= 0.6 is 0 Å². The number of hydrogen-bond acceptors (Lipinski definition) is 9. The van der Waals surface area contributed by atoms with Crippen LogP contribution in [0.3, 0.4) is 0 Å². The normalized spacial score (nSPS) is 7.27. The van der Waals surface area contributed by atoms with Crippen molar-refractivity contribution in [3.63, 3.8) is 0 Å². The zero-order valence-electron chi connectivity index (χ0n) is 20.9. The van der Waals surface area contributed by atoms with Crippen LogP contribution in [0, 0.1) is 23.2 Å². The van der Waals surface area contributed by atoms with Gasteiger partial charge in [0.15, 0.2) is 0 Å². The molecule has 0 atom stereocenters. The van der Waals surface area contributed by atoms with Crippen LogP contribution in [0.4, 0.5) is 0 Å². The second-order valence-electron chi connectivity index (χ2n) is 6.02. The largest absolute Gasteiger partial charge is 0.478 e. The minimum Gasteiger partial charge on any atom is -0.478 e. The molecule has 0 heterocycles. The first-order chi connectivity index (χ1) is 14.8. The second-order valence-corrected chi connectivity index (χ2v) is 6.02. The average molecular weight is 475 g/mol. The summed E-state index contributed by atoms with van der Waals surface area (Å²) in [6, 6.07) is 1.66. The second kappa shape index (κ2) is 32.9. The summed E-state index contributed by atoms with van der Waals surface area (Å²) < 4.78 is 4.27. The maximum absolute atomic E-state index is 10.2. The van der Waals surface area contributed by atoms with E-state index in [4.69, 9.17) is 30.9 Å². The molecule has 0 saturated carbocycles. The van der Waals surface area contributed by atoms with E-state index in [0.717, 1.165) is 7.11 Å². The Morgan fingerprint density at radius 3 is 0.970 bits per heavy atom. The molecule has 0 aromatic rings. The summed E-state index contributed by atoms with van der Waals surface area (Å²) in [6.07, 6.45) is 0. The van der Waals surface area contributed by atoms with Crippen molar-refractivity contribution < 1.29 is 44.3 Å². The van der Waals surface area contributed by atoms with Crippen LogP contribution in [0.5, 0.6) is 0 Å². The average Bonchev–Trinajstić information content (AvgIpc) is 2.70. The van der Waals surface area contributed by atoms with Crippen LogP contribution in [-0.4, -0.2) is 63.9 Å². The van der Waals surface area contributed by atoms with Gasteiger partial charge in [-0.2, -0.15) is 5.26 Å². The van der Waals surface area contributed by atoms with E-state index in [2.05, 4.69) is 31.0 Å². The third kappa shape index (κ3) is 111. The van der Waals surface area contributed by atoms with Gasteiger partial charge in [-0.15, -0.1) is 0 Å². The van der Waals surface area contributed by atoms with Crippen LogP contribution in [0.2, 0.25) is 0 Å². The molecule has 33 heavy (non-hydrogen) atoms. The number of nitrogens with zero attached hydrogens (tertiary/aromatic N) is 2. The fourth-order valence-electron chi connectivity index (χ4n) is 0.174. The summed E-state index contributed by atoms with van der Waals surface area (Å²) in [4.78, 5) is 38.8. The summed E-state index contributed by atoms with van der Waals surface area (Å²) in [6.45, 7) is 23.6. The summed E-state index contributed by atoms with van der Waals surface area (Å²) in [5.41, 5.74) is -0.368. The molecule has 0 amide bonds. The number of hydrogen-bond donors (Lipinski definition) is 4. The first-order valence-corrected chi connectivity index (χ1v) is 8.59. The summed E-state index contributed by atoms with van der Waals surface area (Å²) >= 11 is 0. The van der Waals surface area contributed by atoms with Crippen LogP contribution < -0.4 is 0 Å². The third-order valence-electron chi connectivity index (χ3n) is 1.54. The van der Waals surface area contributed by atoms with E-state index in [1.54, 1.807) is 13.0 Å². The van der Waals surface area contributed by atoms with Gasteiger partial charge in [0.1, 0.15) is 11.4 Å². The quantitative estimate of drug-likeness (QED) is 0.265. The number of methoxy groups -OCH3 is 1. The number of carbonyl (C=O) groups is 4. The fraction of sp³-hybridized carbons (Fsp3) is 0.455. The van der Waals surface area contributed by atoms with E-state index in [-0.39, 0.29) is 22.9 Å². The SMILES string of the molecule is C#N.C=C(C)C(=O)O.C=C(C)C(=O)O.C=C(C)C(=O)OC.CC(C)(O)C#N.CC(C)=O.CO. The predicted molar refractivity (Wildman–Crippen MR) is 125 cm³/mol. The zero-order chi connectivity index (χ0) is 29.0. The number of ketones is 1. The molecule has 11 nitrogen and oxygen atoms in total. The highest BCUT2D eigenvalue weighted by Gasteiger charge is 2.07. The van der Waals surface area contributed by atoms with Gasteiger partial charge in [-0.3, -0.25) is 0 Å². The number of ether oxygens (including phenoxy) is 1. The van der Waals surface area contributed by atoms with E-state index in [1.165, 1.54) is 48.7 Å². The molecule has 0 aliphatic rings. The van der Waals surface area contributed by atoms with Gasteiger partial charge in [-0.05, 0) is 48.5 Å². The molecular weight excluding hydrogens is 436 g/mol. The van der Waals surface area contributed by atoms with Crippen molar-refractivity contribution >= 4 is 23.7 Å². The first kappa shape index (κ1) is 47.1. The Balaban J connectivity index is -0.0000000496. The molecule has 0 rings (SSSR count). The number of nitriles is 2. The van der Waals surface area contributed by atoms with Crippen molar-refractivity contribution in [3.05, 3.63) is 36.5 Å². The molecule has 0 radical (unpaired) electrons. The van der Waals surface area contributed by atoms with E-state index in [1.807, 2.05) is 0 Å². The third-order valence-corrected chi connectivity index (χ3v) is 1.54. The van der Waals surface area contributed by atoms with Gasteiger partial charge >= 0.3 is 17.9 Å². The predicted octanol–water partition coefficient (Wildman–Crippen LogP) is 2.65. The number of carboxylic acid groups (broad SMARTS) is 2. The Hall–Kier alpha value is -3.80. The number of carboxylic acids is 2. The molecule has 4 N–H and O–H groups in total. The van der Waals surface area contributed by atoms with Crippen molar-refractivity contribution in [1.82, 2.24) is 0 Å². The smallest absolute Gasteiger partial charge is 0.332 e. The molecule has 0 aliphatic heterocycles. The topological polar surface area (TPSA) is 206 Å². The highest BCUT2D eigenvalue weighted by Crippen LogP contribution is 1.94. The van der Waals surface area contributed by atoms with Gasteiger partial charge in [0.05, 0.1) is 13.2 Å². The number of carbonyl (C=O) groups excluding carboxylic acids is 2. The Labute approximate surface area is 196 Å². The number of aliphatic hydroxyl groups excluding tert-OH is 1. The lowest BCUT2D eigenvalue weighted by Gasteiger charge is -2.00. The molecule has 0 aromatic carbocycles. The zero-order valence-corrected chi connectivity index (χ0v) is 20.9.